The molecule has 0 amide bonds. The van der Waals surface area contributed by atoms with Gasteiger partial charge < -0.3 is 14.7 Å². The Balaban J connectivity index is 0.000000117. The lowest BCUT2D eigenvalue weighted by molar-refractivity contribution is 0.660. The van der Waals surface area contributed by atoms with E-state index in [1.165, 1.54) is 106 Å². The Morgan fingerprint density at radius 3 is 0.837 bits per heavy atom. The van der Waals surface area contributed by atoms with E-state index >= 15 is 0 Å². The zero-order chi connectivity index (χ0) is 87.6. The van der Waals surface area contributed by atoms with Crippen LogP contribution in [-0.4, -0.2) is 4.98 Å². The second kappa shape index (κ2) is 37.8. The van der Waals surface area contributed by atoms with Gasteiger partial charge in [0.25, 0.3) is 0 Å². The molecule has 4 nitrogen and oxygen atoms in total. The smallest absolute Gasteiger partial charge is 0.0780 e. The van der Waals surface area contributed by atoms with E-state index in [0.717, 1.165) is 87.9 Å². The summed E-state index contributed by atoms with van der Waals surface area (Å²) >= 11 is 24.7. The van der Waals surface area contributed by atoms with Gasteiger partial charge in [-0.05, 0) is 269 Å². The number of aromatic nitrogens is 1. The number of nitrogens with zero attached hydrogens (tertiary/aromatic N) is 4. The molecule has 0 radical (unpaired) electrons. The van der Waals surface area contributed by atoms with Gasteiger partial charge in [0, 0.05) is 93.8 Å². The standard InChI is InChI=1S/C43H30ClN.C33H26ClN.C30H22ClN.C15H10ClN/c44-35-22-26-37(27-23-35)45(36-24-20-32(21-25-36)31-12-4-1-5-13-31)38-28-29-40-39-18-10-11-19-41(39)43(42(40)30-38,33-14-6-2-7-15-33)34-16-8-3-9-17-34;1-33(2)31-11-7-6-10-29(31)30-21-20-28(22-32(30)33)35(27-18-14-25(34)15-19-27)26-16-12-24(13-17-26)23-8-4-3-5-9-23;31-27-15-21-30(22-16-27)32(28-17-11-25(12-18-28)23-7-3-1-4-8-23)29-19-13-26(14-20-29)24-9-5-2-6-10-24;16-13-7-5-12(6-8-13)15-14-4-2-1-3-11(14)9-10-17-15/h1-30H;3-22H,1-2H3;1-22H;1-10H. The summed E-state index contributed by atoms with van der Waals surface area (Å²) in [6.45, 7) is 4.64. The van der Waals surface area contributed by atoms with E-state index < -0.39 is 5.41 Å². The molecule has 2 aliphatic carbocycles. The Morgan fingerprint density at radius 1 is 0.202 bits per heavy atom. The van der Waals surface area contributed by atoms with Crippen LogP contribution in [0.1, 0.15) is 47.2 Å². The molecule has 1 aromatic heterocycles. The molecule has 0 aliphatic heterocycles. The van der Waals surface area contributed by atoms with Crippen molar-refractivity contribution in [3.05, 3.63) is 551 Å². The summed E-state index contributed by atoms with van der Waals surface area (Å²) in [5.41, 5.74) is 34.0. The van der Waals surface area contributed by atoms with Crippen LogP contribution in [0.15, 0.2) is 498 Å². The lowest BCUT2D eigenvalue weighted by Gasteiger charge is -2.35. The van der Waals surface area contributed by atoms with Crippen molar-refractivity contribution < 1.29 is 0 Å². The molecule has 0 N–H and O–H groups in total. The van der Waals surface area contributed by atoms with Crippen molar-refractivity contribution in [1.29, 1.82) is 0 Å². The van der Waals surface area contributed by atoms with Crippen LogP contribution in [0.25, 0.3) is 88.8 Å². The van der Waals surface area contributed by atoms with Gasteiger partial charge in [0.15, 0.2) is 0 Å². The highest BCUT2D eigenvalue weighted by atomic mass is 35.5. The fourth-order valence-corrected chi connectivity index (χ4v) is 18.7. The summed E-state index contributed by atoms with van der Waals surface area (Å²) in [6, 6.07) is 172. The van der Waals surface area contributed by atoms with E-state index in [2.05, 4.69) is 428 Å². The van der Waals surface area contributed by atoms with Crippen molar-refractivity contribution in [2.45, 2.75) is 24.7 Å². The molecule has 8 heteroatoms. The Labute approximate surface area is 775 Å². The highest BCUT2D eigenvalue weighted by Crippen LogP contribution is 2.58. The van der Waals surface area contributed by atoms with Gasteiger partial charge in [-0.1, -0.05) is 388 Å². The van der Waals surface area contributed by atoms with Crippen molar-refractivity contribution in [3.63, 3.8) is 0 Å². The minimum Gasteiger partial charge on any atom is -0.311 e. The summed E-state index contributed by atoms with van der Waals surface area (Å²) < 4.78 is 0. The summed E-state index contributed by atoms with van der Waals surface area (Å²) in [5.74, 6) is 0. The maximum absolute atomic E-state index is 6.38. The predicted octanol–water partition coefficient (Wildman–Crippen LogP) is 35.3. The molecule has 0 unspecified atom stereocenters. The van der Waals surface area contributed by atoms with Crippen LogP contribution in [0.5, 0.6) is 0 Å². The van der Waals surface area contributed by atoms with E-state index in [-0.39, 0.29) is 5.41 Å². The van der Waals surface area contributed by atoms with Crippen LogP contribution in [0, 0.1) is 0 Å². The third kappa shape index (κ3) is 17.6. The van der Waals surface area contributed by atoms with Crippen LogP contribution < -0.4 is 14.7 Å². The highest BCUT2D eigenvalue weighted by Gasteiger charge is 2.46. The maximum atomic E-state index is 6.38. The van der Waals surface area contributed by atoms with Gasteiger partial charge in [0.2, 0.25) is 0 Å². The Morgan fingerprint density at radius 2 is 0.457 bits per heavy atom. The first-order chi connectivity index (χ1) is 63.4. The first kappa shape index (κ1) is 83.7. The van der Waals surface area contributed by atoms with Gasteiger partial charge in [-0.15, -0.1) is 0 Å². The van der Waals surface area contributed by atoms with Gasteiger partial charge in [-0.2, -0.15) is 0 Å². The molecule has 1 heterocycles. The fraction of sp³-hybridized carbons (Fsp3) is 0.0331. The molecule has 129 heavy (non-hydrogen) atoms. The molecular weight excluding hydrogens is 1650 g/mol. The molecule has 2 aliphatic rings. The lowest BCUT2D eigenvalue weighted by Crippen LogP contribution is -2.28. The molecule has 620 valence electrons. The zero-order valence-corrected chi connectivity index (χ0v) is 74.2. The molecule has 0 saturated heterocycles. The Bertz CT molecular complexity index is 7090. The first-order valence-corrected chi connectivity index (χ1v) is 44.9. The molecule has 0 spiro atoms. The van der Waals surface area contributed by atoms with Gasteiger partial charge in [0.1, 0.15) is 0 Å². The molecular formula is C121H88Cl4N4. The normalized spacial score (nSPS) is 12.1. The largest absolute Gasteiger partial charge is 0.311 e. The van der Waals surface area contributed by atoms with E-state index in [0.29, 0.717) is 0 Å². The highest BCUT2D eigenvalue weighted by molar-refractivity contribution is 6.31. The quantitative estimate of drug-likeness (QED) is 0.0961. The van der Waals surface area contributed by atoms with E-state index in [9.17, 15) is 0 Å². The van der Waals surface area contributed by atoms with Crippen molar-refractivity contribution in [1.82, 2.24) is 4.98 Å². The van der Waals surface area contributed by atoms with Crippen LogP contribution in [0.3, 0.4) is 0 Å². The van der Waals surface area contributed by atoms with Crippen LogP contribution in [-0.2, 0) is 10.8 Å². The first-order valence-electron chi connectivity index (χ1n) is 43.4. The van der Waals surface area contributed by atoms with Crippen molar-refractivity contribution in [2.75, 3.05) is 14.7 Å². The average molecular weight is 1740 g/mol. The van der Waals surface area contributed by atoms with Crippen molar-refractivity contribution in [2.24, 2.45) is 0 Å². The number of hydrogen-bond acceptors (Lipinski definition) is 4. The van der Waals surface area contributed by atoms with Gasteiger partial charge in [-0.3, -0.25) is 4.98 Å². The minimum atomic E-state index is -0.465. The Kier molecular flexibility index (Phi) is 24.5. The number of benzene rings is 19. The van der Waals surface area contributed by atoms with E-state index in [1.807, 2.05) is 103 Å². The number of hydrogen-bond donors (Lipinski definition) is 0. The Hall–Kier alpha value is -14.9. The van der Waals surface area contributed by atoms with Crippen LogP contribution >= 0.6 is 46.4 Å². The third-order valence-corrected chi connectivity index (χ3v) is 25.5. The number of halogens is 4. The molecule has 22 rings (SSSR count). The second-order valence-corrected chi connectivity index (χ2v) is 34.4. The monoisotopic (exact) mass is 1740 g/mol. The zero-order valence-electron chi connectivity index (χ0n) is 71.1. The van der Waals surface area contributed by atoms with Gasteiger partial charge in [0.05, 0.1) is 11.1 Å². The van der Waals surface area contributed by atoms with Crippen molar-refractivity contribution in [3.8, 4) is 78.0 Å². The summed E-state index contributed by atoms with van der Waals surface area (Å²) in [5, 5.41) is 5.29. The number of anilines is 9. The lowest BCUT2D eigenvalue weighted by atomic mass is 9.67. The number of pyridine rings is 1. The van der Waals surface area contributed by atoms with E-state index in [1.54, 1.807) is 0 Å². The molecule has 19 aromatic carbocycles. The third-order valence-electron chi connectivity index (χ3n) is 24.5. The molecule has 0 atom stereocenters. The van der Waals surface area contributed by atoms with Gasteiger partial charge >= 0.3 is 0 Å². The van der Waals surface area contributed by atoms with Crippen LogP contribution in [0.4, 0.5) is 51.2 Å². The predicted molar refractivity (Wildman–Crippen MR) is 547 cm³/mol. The topological polar surface area (TPSA) is 22.6 Å². The summed E-state index contributed by atoms with van der Waals surface area (Å²) in [6.07, 6.45) is 1.84. The fourth-order valence-electron chi connectivity index (χ4n) is 18.2. The number of rotatable bonds is 16. The molecule has 0 bridgehead atoms. The molecule has 20 aromatic rings. The minimum absolute atomic E-state index is 0.0508. The van der Waals surface area contributed by atoms with Crippen molar-refractivity contribution >= 4 is 108 Å². The average Bonchev–Trinajstić information content (AvgIpc) is 1.54. The van der Waals surface area contributed by atoms with E-state index in [4.69, 9.17) is 46.4 Å². The summed E-state index contributed by atoms with van der Waals surface area (Å²) in [4.78, 5) is 11.4. The van der Waals surface area contributed by atoms with Crippen LogP contribution in [0.2, 0.25) is 20.1 Å². The molecule has 0 saturated carbocycles. The molecule has 0 fully saturated rings. The SMILES string of the molecule is CC1(C)c2ccccc2-c2ccc(N(c3ccc(Cl)cc3)c3ccc(-c4ccccc4)cc3)cc21.Clc1ccc(-c2nccc3ccccc23)cc1.Clc1ccc(N(c2ccc(-c3ccccc3)cc2)c2ccc(-c3ccccc3)cc2)cc1.Clc1ccc(N(c2ccc(-c3ccccc3)cc2)c2ccc3c(c2)C(c2ccccc2)(c2ccccc2)c2ccccc2-3)cc1. The summed E-state index contributed by atoms with van der Waals surface area (Å²) in [7, 11) is 0. The number of fused-ring (bicyclic) bond motifs is 7. The maximum Gasteiger partial charge on any atom is 0.0780 e. The second-order valence-electron chi connectivity index (χ2n) is 32.6. The van der Waals surface area contributed by atoms with Gasteiger partial charge in [-0.25, -0.2) is 0 Å².